The summed E-state index contributed by atoms with van der Waals surface area (Å²) in [6, 6.07) is 6.54. The number of hydrogen-bond acceptors (Lipinski definition) is 3. The number of aryl methyl sites for hydroxylation is 2. The van der Waals surface area contributed by atoms with Crippen LogP contribution in [0.5, 0.6) is 0 Å². The van der Waals surface area contributed by atoms with Gasteiger partial charge in [0, 0.05) is 46.3 Å². The molecule has 0 saturated carbocycles. The van der Waals surface area contributed by atoms with Gasteiger partial charge in [0.25, 0.3) is 0 Å². The number of nitrogens with one attached hydrogen (secondary N) is 1. The van der Waals surface area contributed by atoms with Crippen LogP contribution in [0.1, 0.15) is 28.4 Å². The molecule has 24 heavy (non-hydrogen) atoms. The lowest BCUT2D eigenvalue weighted by atomic mass is 9.96. The molecular weight excluding hydrogens is 453 g/mol. The zero-order valence-electron chi connectivity index (χ0n) is 13.2. The molecular formula is C18H18Br2ClN3. The quantitative estimate of drug-likeness (QED) is 0.670. The van der Waals surface area contributed by atoms with Crippen molar-refractivity contribution in [1.82, 2.24) is 15.2 Å². The molecule has 1 aromatic carbocycles. The molecule has 0 radical (unpaired) electrons. The van der Waals surface area contributed by atoms with Crippen LogP contribution >= 0.6 is 43.5 Å². The Labute approximate surface area is 164 Å². The predicted octanol–water partition coefficient (Wildman–Crippen LogP) is 4.35. The topological polar surface area (TPSA) is 28.2 Å². The highest BCUT2D eigenvalue weighted by atomic mass is 79.9. The molecule has 0 spiro atoms. The summed E-state index contributed by atoms with van der Waals surface area (Å²) < 4.78 is 2.13. The van der Waals surface area contributed by atoms with E-state index in [9.17, 15) is 0 Å². The Balaban J connectivity index is 1.91. The average molecular weight is 472 g/mol. The first-order valence-corrected chi connectivity index (χ1v) is 10.2. The standard InChI is InChI=1S/C18H18Br2ClN3/c19-13-7-12-2-1-11-8-14(21)9-15(20)16(11)18(17(12)23-10-13)24-5-3-22-4-6-24/h7-10,18,22H,1-6H2. The van der Waals surface area contributed by atoms with E-state index >= 15 is 0 Å². The molecule has 6 heteroatoms. The highest BCUT2D eigenvalue weighted by molar-refractivity contribution is 9.10. The molecule has 2 aliphatic rings. The SMILES string of the molecule is Clc1cc(Br)c2c(c1)CCc1cc(Br)cnc1C2N1CCNCC1. The Morgan fingerprint density at radius 2 is 1.83 bits per heavy atom. The van der Waals surface area contributed by atoms with Gasteiger partial charge in [-0.1, -0.05) is 27.5 Å². The number of halogens is 3. The van der Waals surface area contributed by atoms with Crippen molar-refractivity contribution in [2.75, 3.05) is 26.2 Å². The predicted molar refractivity (Wildman–Crippen MR) is 105 cm³/mol. The number of piperazine rings is 1. The molecule has 1 atom stereocenters. The van der Waals surface area contributed by atoms with E-state index in [2.05, 4.69) is 54.2 Å². The van der Waals surface area contributed by atoms with Crippen molar-refractivity contribution < 1.29 is 0 Å². The van der Waals surface area contributed by atoms with Crippen molar-refractivity contribution in [3.8, 4) is 0 Å². The van der Waals surface area contributed by atoms with Crippen molar-refractivity contribution >= 4 is 43.5 Å². The van der Waals surface area contributed by atoms with Gasteiger partial charge in [-0.3, -0.25) is 9.88 Å². The maximum absolute atomic E-state index is 6.33. The summed E-state index contributed by atoms with van der Waals surface area (Å²) in [4.78, 5) is 7.38. The first-order chi connectivity index (χ1) is 11.6. The van der Waals surface area contributed by atoms with Gasteiger partial charge in [0.1, 0.15) is 0 Å². The van der Waals surface area contributed by atoms with Crippen molar-refractivity contribution in [3.05, 3.63) is 60.7 Å². The normalized spacial score (nSPS) is 21.0. The van der Waals surface area contributed by atoms with Crippen LogP contribution in [0.15, 0.2) is 33.3 Å². The Hall–Kier alpha value is -0.460. The van der Waals surface area contributed by atoms with E-state index in [-0.39, 0.29) is 6.04 Å². The number of aromatic nitrogens is 1. The average Bonchev–Trinajstić information content (AvgIpc) is 2.72. The van der Waals surface area contributed by atoms with E-state index in [0.29, 0.717) is 0 Å². The van der Waals surface area contributed by atoms with Gasteiger partial charge in [-0.2, -0.15) is 0 Å². The van der Waals surface area contributed by atoms with Crippen LogP contribution in [0.4, 0.5) is 0 Å². The second-order valence-electron chi connectivity index (χ2n) is 6.35. The summed E-state index contributed by atoms with van der Waals surface area (Å²) in [5.74, 6) is 0. The third-order valence-electron chi connectivity index (χ3n) is 4.86. The lowest BCUT2D eigenvalue weighted by molar-refractivity contribution is 0.194. The number of hydrogen-bond donors (Lipinski definition) is 1. The van der Waals surface area contributed by atoms with E-state index in [1.807, 2.05) is 12.3 Å². The third-order valence-corrected chi connectivity index (χ3v) is 6.17. The number of benzene rings is 1. The van der Waals surface area contributed by atoms with Gasteiger partial charge in [0.2, 0.25) is 0 Å². The number of fused-ring (bicyclic) bond motifs is 2. The van der Waals surface area contributed by atoms with Crippen LogP contribution in [-0.2, 0) is 12.8 Å². The molecule has 0 amide bonds. The second-order valence-corrected chi connectivity index (χ2v) is 8.55. The van der Waals surface area contributed by atoms with E-state index in [1.54, 1.807) is 0 Å². The summed E-state index contributed by atoms with van der Waals surface area (Å²) in [6.45, 7) is 4.08. The molecule has 2 heterocycles. The highest BCUT2D eigenvalue weighted by Crippen LogP contribution is 2.41. The third kappa shape index (κ3) is 3.17. The minimum Gasteiger partial charge on any atom is -0.314 e. The fourth-order valence-electron chi connectivity index (χ4n) is 3.79. The lowest BCUT2D eigenvalue weighted by Crippen LogP contribution is -2.45. The molecule has 1 N–H and O–H groups in total. The molecule has 4 rings (SSSR count). The van der Waals surface area contributed by atoms with E-state index in [4.69, 9.17) is 16.6 Å². The summed E-state index contributed by atoms with van der Waals surface area (Å²) in [5, 5.41) is 4.24. The zero-order chi connectivity index (χ0) is 16.7. The molecule has 126 valence electrons. The first kappa shape index (κ1) is 17.0. The monoisotopic (exact) mass is 469 g/mol. The van der Waals surface area contributed by atoms with Crippen molar-refractivity contribution in [2.24, 2.45) is 0 Å². The fraction of sp³-hybridized carbons (Fsp3) is 0.389. The van der Waals surface area contributed by atoms with Crippen LogP contribution in [0.25, 0.3) is 0 Å². The van der Waals surface area contributed by atoms with Gasteiger partial charge in [-0.25, -0.2) is 0 Å². The van der Waals surface area contributed by atoms with Crippen LogP contribution in [0, 0.1) is 0 Å². The molecule has 1 aromatic heterocycles. The molecule has 0 bridgehead atoms. The summed E-state index contributed by atoms with van der Waals surface area (Å²) >= 11 is 13.7. The number of pyridine rings is 1. The number of nitrogens with zero attached hydrogens (tertiary/aromatic N) is 2. The Kier molecular flexibility index (Phi) is 4.98. The van der Waals surface area contributed by atoms with Gasteiger partial charge in [0.15, 0.2) is 0 Å². The fourth-order valence-corrected chi connectivity index (χ4v) is 5.26. The second kappa shape index (κ2) is 7.04. The van der Waals surface area contributed by atoms with Gasteiger partial charge >= 0.3 is 0 Å². The Bertz CT molecular complexity index is 775. The van der Waals surface area contributed by atoms with Crippen molar-refractivity contribution in [1.29, 1.82) is 0 Å². The van der Waals surface area contributed by atoms with Gasteiger partial charge in [-0.05, 0) is 63.7 Å². The van der Waals surface area contributed by atoms with Gasteiger partial charge < -0.3 is 5.32 Å². The summed E-state index contributed by atoms with van der Waals surface area (Å²) in [5.41, 5.74) is 5.16. The summed E-state index contributed by atoms with van der Waals surface area (Å²) in [7, 11) is 0. The molecule has 1 fully saturated rings. The maximum atomic E-state index is 6.33. The molecule has 2 aromatic rings. The Morgan fingerprint density at radius 3 is 2.62 bits per heavy atom. The van der Waals surface area contributed by atoms with E-state index in [0.717, 1.165) is 53.0 Å². The molecule has 1 unspecified atom stereocenters. The highest BCUT2D eigenvalue weighted by Gasteiger charge is 2.32. The minimum absolute atomic E-state index is 0.180. The molecule has 1 aliphatic heterocycles. The molecule has 3 nitrogen and oxygen atoms in total. The van der Waals surface area contributed by atoms with Crippen LogP contribution in [-0.4, -0.2) is 36.1 Å². The first-order valence-electron chi connectivity index (χ1n) is 8.20. The van der Waals surface area contributed by atoms with Crippen LogP contribution in [0.2, 0.25) is 5.02 Å². The zero-order valence-corrected chi connectivity index (χ0v) is 17.1. The lowest BCUT2D eigenvalue weighted by Gasteiger charge is -2.36. The Morgan fingerprint density at radius 1 is 1.08 bits per heavy atom. The van der Waals surface area contributed by atoms with Crippen LogP contribution in [0.3, 0.4) is 0 Å². The van der Waals surface area contributed by atoms with Crippen LogP contribution < -0.4 is 5.32 Å². The number of rotatable bonds is 1. The van der Waals surface area contributed by atoms with Crippen molar-refractivity contribution in [2.45, 2.75) is 18.9 Å². The summed E-state index contributed by atoms with van der Waals surface area (Å²) in [6.07, 6.45) is 3.90. The molecule has 1 aliphatic carbocycles. The maximum Gasteiger partial charge on any atom is 0.0793 e. The van der Waals surface area contributed by atoms with Gasteiger partial charge in [0.05, 0.1) is 11.7 Å². The minimum atomic E-state index is 0.180. The smallest absolute Gasteiger partial charge is 0.0793 e. The van der Waals surface area contributed by atoms with E-state index < -0.39 is 0 Å². The van der Waals surface area contributed by atoms with Crippen molar-refractivity contribution in [3.63, 3.8) is 0 Å². The molecule has 1 saturated heterocycles. The van der Waals surface area contributed by atoms with E-state index in [1.165, 1.54) is 22.4 Å². The van der Waals surface area contributed by atoms with Gasteiger partial charge in [-0.15, -0.1) is 0 Å². The largest absolute Gasteiger partial charge is 0.314 e.